The number of aromatic amines is 1. The molecule has 1 unspecified atom stereocenters. The maximum atomic E-state index is 12.4. The lowest BCUT2D eigenvalue weighted by Gasteiger charge is -2.14. The second-order valence-corrected chi connectivity index (χ2v) is 8.02. The van der Waals surface area contributed by atoms with Crippen molar-refractivity contribution in [2.45, 2.75) is 24.3 Å². The second-order valence-electron chi connectivity index (χ2n) is 6.95. The molecule has 8 nitrogen and oxygen atoms in total. The van der Waals surface area contributed by atoms with Crippen molar-refractivity contribution in [2.24, 2.45) is 0 Å². The molecule has 32 heavy (non-hydrogen) atoms. The fraction of sp³-hybridized carbons (Fsp3) is 0.217. The molecule has 2 aromatic carbocycles. The molecule has 1 atom stereocenters. The van der Waals surface area contributed by atoms with Crippen molar-refractivity contribution in [1.29, 1.82) is 0 Å². The summed E-state index contributed by atoms with van der Waals surface area (Å²) in [4.78, 5) is 27.8. The molecule has 0 saturated heterocycles. The minimum absolute atomic E-state index is 0.189. The Hall–Kier alpha value is -3.59. The lowest BCUT2D eigenvalue weighted by molar-refractivity contribution is -0.144. The Kier molecular flexibility index (Phi) is 6.27. The monoisotopic (exact) mass is 450 g/mol. The van der Waals surface area contributed by atoms with Crippen LogP contribution in [-0.2, 0) is 14.3 Å². The third kappa shape index (κ3) is 4.11. The minimum Gasteiger partial charge on any atom is -0.497 e. The van der Waals surface area contributed by atoms with Crippen LogP contribution in [0.2, 0.25) is 0 Å². The molecule has 0 aliphatic rings. The molecular formula is C23H22N4O4S. The van der Waals surface area contributed by atoms with Gasteiger partial charge < -0.3 is 14.5 Å². The first-order valence-electron chi connectivity index (χ1n) is 10.0. The number of methoxy groups -OCH3 is 1. The summed E-state index contributed by atoms with van der Waals surface area (Å²) in [6.45, 7) is 3.26. The zero-order valence-electron chi connectivity index (χ0n) is 17.9. The van der Waals surface area contributed by atoms with Gasteiger partial charge in [0.25, 0.3) is 0 Å². The average Bonchev–Trinajstić information content (AvgIpc) is 3.41. The number of aromatic nitrogens is 4. The number of nitrogens with zero attached hydrogens (tertiary/aromatic N) is 3. The first kappa shape index (κ1) is 21.6. The fourth-order valence-corrected chi connectivity index (χ4v) is 4.29. The standard InChI is InChI=1S/C23H22N4O4S/c1-4-31-22(29)20(14(2)28)32-23-26-25-21(18-13-24-19-8-6-5-7-17(18)19)27(23)15-9-11-16(30-3)12-10-15/h5-13,20,24H,4H2,1-3H3. The molecule has 1 N–H and O–H groups in total. The topological polar surface area (TPSA) is 99.1 Å². The van der Waals surface area contributed by atoms with Crippen LogP contribution in [0.15, 0.2) is 59.9 Å². The van der Waals surface area contributed by atoms with E-state index in [0.29, 0.717) is 16.7 Å². The number of ketones is 1. The number of hydrogen-bond donors (Lipinski definition) is 1. The molecule has 4 aromatic rings. The van der Waals surface area contributed by atoms with E-state index >= 15 is 0 Å². The van der Waals surface area contributed by atoms with Crippen molar-refractivity contribution in [3.63, 3.8) is 0 Å². The normalized spacial score (nSPS) is 12.0. The number of carbonyl (C=O) groups excluding carboxylic acids is 2. The number of ether oxygens (including phenoxy) is 2. The summed E-state index contributed by atoms with van der Waals surface area (Å²) in [6, 6.07) is 15.3. The number of rotatable bonds is 8. The SMILES string of the molecule is CCOC(=O)C(Sc1nnc(-c2c[nH]c3ccccc23)n1-c1ccc(OC)cc1)C(C)=O. The van der Waals surface area contributed by atoms with Crippen LogP contribution in [0.25, 0.3) is 28.0 Å². The third-order valence-electron chi connectivity index (χ3n) is 4.89. The van der Waals surface area contributed by atoms with E-state index in [0.717, 1.165) is 33.9 Å². The molecule has 0 amide bonds. The highest BCUT2D eigenvalue weighted by Crippen LogP contribution is 2.34. The van der Waals surface area contributed by atoms with Gasteiger partial charge in [-0.1, -0.05) is 30.0 Å². The van der Waals surface area contributed by atoms with E-state index in [1.54, 1.807) is 14.0 Å². The maximum absolute atomic E-state index is 12.4. The summed E-state index contributed by atoms with van der Waals surface area (Å²) in [5.41, 5.74) is 2.59. The maximum Gasteiger partial charge on any atom is 0.327 e. The van der Waals surface area contributed by atoms with Gasteiger partial charge >= 0.3 is 5.97 Å². The van der Waals surface area contributed by atoms with Crippen molar-refractivity contribution in [1.82, 2.24) is 19.7 Å². The van der Waals surface area contributed by atoms with Crippen molar-refractivity contribution in [3.05, 3.63) is 54.7 Å². The summed E-state index contributed by atoms with van der Waals surface area (Å²) in [6.07, 6.45) is 1.87. The van der Waals surface area contributed by atoms with Gasteiger partial charge in [-0.15, -0.1) is 10.2 Å². The van der Waals surface area contributed by atoms with Crippen LogP contribution in [0, 0.1) is 0 Å². The number of carbonyl (C=O) groups is 2. The van der Waals surface area contributed by atoms with Crippen molar-refractivity contribution in [3.8, 4) is 22.8 Å². The molecular weight excluding hydrogens is 428 g/mol. The third-order valence-corrected chi connectivity index (χ3v) is 6.12. The Morgan fingerprint density at radius 2 is 1.88 bits per heavy atom. The first-order valence-corrected chi connectivity index (χ1v) is 10.9. The molecule has 2 heterocycles. The zero-order valence-corrected chi connectivity index (χ0v) is 18.7. The van der Waals surface area contributed by atoms with Gasteiger partial charge in [0.2, 0.25) is 0 Å². The predicted molar refractivity (Wildman–Crippen MR) is 122 cm³/mol. The van der Waals surface area contributed by atoms with Crippen molar-refractivity contribution >= 4 is 34.4 Å². The summed E-state index contributed by atoms with van der Waals surface area (Å²) >= 11 is 1.02. The van der Waals surface area contributed by atoms with Gasteiger partial charge in [-0.25, -0.2) is 0 Å². The highest BCUT2D eigenvalue weighted by atomic mass is 32.2. The van der Waals surface area contributed by atoms with Crippen LogP contribution in [0.3, 0.4) is 0 Å². The molecule has 0 bridgehead atoms. The van der Waals surface area contributed by atoms with Gasteiger partial charge in [0.1, 0.15) is 5.75 Å². The van der Waals surface area contributed by atoms with Crippen molar-refractivity contribution in [2.75, 3.05) is 13.7 Å². The molecule has 4 rings (SSSR count). The van der Waals surface area contributed by atoms with E-state index in [9.17, 15) is 9.59 Å². The number of para-hydroxylation sites is 1. The number of thioether (sulfide) groups is 1. The Morgan fingerprint density at radius 3 is 2.56 bits per heavy atom. The molecule has 0 saturated carbocycles. The minimum atomic E-state index is -1.04. The van der Waals surface area contributed by atoms with Crippen LogP contribution in [-0.4, -0.2) is 50.5 Å². The lowest BCUT2D eigenvalue weighted by atomic mass is 10.1. The molecule has 0 spiro atoms. The number of benzene rings is 2. The fourth-order valence-electron chi connectivity index (χ4n) is 3.36. The average molecular weight is 451 g/mol. The van der Waals surface area contributed by atoms with E-state index in [2.05, 4.69) is 15.2 Å². The van der Waals surface area contributed by atoms with E-state index in [-0.39, 0.29) is 12.4 Å². The van der Waals surface area contributed by atoms with Crippen molar-refractivity contribution < 1.29 is 19.1 Å². The number of Topliss-reactive ketones (excluding diaryl/α,β-unsaturated/α-hetero) is 1. The van der Waals surface area contributed by atoms with Gasteiger partial charge in [-0.05, 0) is 44.2 Å². The summed E-state index contributed by atoms with van der Waals surface area (Å²) < 4.78 is 12.2. The van der Waals surface area contributed by atoms with Gasteiger partial charge in [0.05, 0.1) is 19.4 Å². The van der Waals surface area contributed by atoms with Crippen LogP contribution in [0.5, 0.6) is 5.75 Å². The molecule has 0 aliphatic heterocycles. The molecule has 0 fully saturated rings. The molecule has 2 aromatic heterocycles. The summed E-state index contributed by atoms with van der Waals surface area (Å²) in [5, 5.41) is 9.11. The lowest BCUT2D eigenvalue weighted by Crippen LogP contribution is -2.27. The number of fused-ring (bicyclic) bond motifs is 1. The van der Waals surface area contributed by atoms with Gasteiger partial charge in [0.15, 0.2) is 22.0 Å². The Morgan fingerprint density at radius 1 is 1.12 bits per heavy atom. The Balaban J connectivity index is 1.85. The Labute approximate surface area is 188 Å². The summed E-state index contributed by atoms with van der Waals surface area (Å²) in [5.74, 6) is 0.383. The van der Waals surface area contributed by atoms with E-state index in [4.69, 9.17) is 9.47 Å². The van der Waals surface area contributed by atoms with Crippen LogP contribution in [0.1, 0.15) is 13.8 Å². The molecule has 164 valence electrons. The van der Waals surface area contributed by atoms with E-state index < -0.39 is 11.2 Å². The number of H-pyrrole nitrogens is 1. The number of hydrogen-bond acceptors (Lipinski definition) is 7. The van der Waals surface area contributed by atoms with Crippen LogP contribution >= 0.6 is 11.8 Å². The largest absolute Gasteiger partial charge is 0.497 e. The van der Waals surface area contributed by atoms with Gasteiger partial charge in [-0.3, -0.25) is 14.2 Å². The summed E-state index contributed by atoms with van der Waals surface area (Å²) in [7, 11) is 1.60. The van der Waals surface area contributed by atoms with Crippen LogP contribution in [0.4, 0.5) is 0 Å². The Bertz CT molecular complexity index is 1260. The van der Waals surface area contributed by atoms with E-state index in [1.165, 1.54) is 6.92 Å². The molecule has 9 heteroatoms. The quantitative estimate of drug-likeness (QED) is 0.246. The highest BCUT2D eigenvalue weighted by Gasteiger charge is 2.30. The second kappa shape index (κ2) is 9.27. The number of esters is 1. The first-order chi connectivity index (χ1) is 15.5. The zero-order chi connectivity index (χ0) is 22.7. The van der Waals surface area contributed by atoms with Gasteiger partial charge in [-0.2, -0.15) is 0 Å². The highest BCUT2D eigenvalue weighted by molar-refractivity contribution is 8.01. The number of nitrogens with one attached hydrogen (secondary N) is 1. The van der Waals surface area contributed by atoms with Crippen LogP contribution < -0.4 is 4.74 Å². The smallest absolute Gasteiger partial charge is 0.327 e. The molecule has 0 radical (unpaired) electrons. The predicted octanol–water partition coefficient (Wildman–Crippen LogP) is 4.04. The van der Waals surface area contributed by atoms with Gasteiger partial charge in [0, 0.05) is 22.7 Å². The van der Waals surface area contributed by atoms with E-state index in [1.807, 2.05) is 59.3 Å². The molecule has 0 aliphatic carbocycles.